The molecular weight excluding hydrogens is 508 g/mol. The van der Waals surface area contributed by atoms with E-state index in [-0.39, 0.29) is 17.5 Å². The van der Waals surface area contributed by atoms with Crippen LogP contribution in [0.25, 0.3) is 22.5 Å². The van der Waals surface area contributed by atoms with Gasteiger partial charge < -0.3 is 14.4 Å². The monoisotopic (exact) mass is 533 g/mol. The molecule has 1 amide bonds. The number of carbonyl (C=O) groups excluding carboxylic acids is 1. The predicted octanol–water partition coefficient (Wildman–Crippen LogP) is 4.04. The Kier molecular flexibility index (Phi) is 6.65. The molecule has 4 aromatic rings. The molecule has 2 aliphatic rings. The SMILES string of the molecule is O=C(C1CCCn2c(-c3ccnc(Oc4ccc(F)cc4)n3)c(-c3ccc(F)cc3)c(=O)n21)N1CCOCC1. The Bertz CT molecular complexity index is 1560. The molecule has 0 radical (unpaired) electrons. The van der Waals surface area contributed by atoms with E-state index in [9.17, 15) is 18.4 Å². The first-order valence-corrected chi connectivity index (χ1v) is 12.7. The van der Waals surface area contributed by atoms with Gasteiger partial charge in [0.1, 0.15) is 23.4 Å². The Labute approximate surface area is 222 Å². The van der Waals surface area contributed by atoms with Crippen molar-refractivity contribution >= 4 is 5.91 Å². The van der Waals surface area contributed by atoms with Crippen LogP contribution >= 0.6 is 0 Å². The van der Waals surface area contributed by atoms with Crippen LogP contribution in [0.1, 0.15) is 18.9 Å². The lowest BCUT2D eigenvalue weighted by molar-refractivity contribution is -0.140. The van der Waals surface area contributed by atoms with Crippen molar-refractivity contribution in [1.29, 1.82) is 0 Å². The molecule has 1 fully saturated rings. The van der Waals surface area contributed by atoms with E-state index in [1.807, 2.05) is 0 Å². The Morgan fingerprint density at radius 1 is 0.949 bits per heavy atom. The summed E-state index contributed by atoms with van der Waals surface area (Å²) >= 11 is 0. The van der Waals surface area contributed by atoms with Gasteiger partial charge in [0.15, 0.2) is 0 Å². The second kappa shape index (κ2) is 10.4. The summed E-state index contributed by atoms with van der Waals surface area (Å²) in [5.41, 5.74) is 1.34. The number of fused-ring (bicyclic) bond motifs is 1. The molecule has 0 saturated carbocycles. The fourth-order valence-electron chi connectivity index (χ4n) is 5.14. The van der Waals surface area contributed by atoms with Crippen LogP contribution in [0.15, 0.2) is 65.6 Å². The molecule has 0 bridgehead atoms. The van der Waals surface area contributed by atoms with E-state index >= 15 is 0 Å². The second-order valence-electron chi connectivity index (χ2n) is 9.38. The lowest BCUT2D eigenvalue weighted by atomic mass is 10.0. The molecule has 1 unspecified atom stereocenters. The summed E-state index contributed by atoms with van der Waals surface area (Å²) < 4.78 is 41.6. The van der Waals surface area contributed by atoms with Crippen molar-refractivity contribution in [2.75, 3.05) is 26.3 Å². The minimum absolute atomic E-state index is 0.00826. The summed E-state index contributed by atoms with van der Waals surface area (Å²) in [6.45, 7) is 2.34. The standard InChI is InChI=1S/C28H25F2N5O4/c29-19-5-3-18(4-6-19)24-25(22-11-12-31-28(32-22)39-21-9-7-20(30)8-10-21)34-13-1-2-23(35(34)27(24)37)26(36)33-14-16-38-17-15-33/h3-12,23H,1-2,13-17H2. The Balaban J connectivity index is 1.48. The Morgan fingerprint density at radius 2 is 1.64 bits per heavy atom. The largest absolute Gasteiger partial charge is 0.424 e. The van der Waals surface area contributed by atoms with Crippen LogP contribution in [0.3, 0.4) is 0 Å². The van der Waals surface area contributed by atoms with E-state index in [2.05, 4.69) is 9.97 Å². The zero-order valence-electron chi connectivity index (χ0n) is 20.9. The zero-order valence-corrected chi connectivity index (χ0v) is 20.9. The molecular formula is C28H25F2N5O4. The van der Waals surface area contributed by atoms with Crippen LogP contribution in [0.5, 0.6) is 11.8 Å². The van der Waals surface area contributed by atoms with Crippen LogP contribution in [-0.2, 0) is 16.1 Å². The Morgan fingerprint density at radius 3 is 2.36 bits per heavy atom. The third-order valence-corrected chi connectivity index (χ3v) is 6.96. The van der Waals surface area contributed by atoms with Gasteiger partial charge in [-0.05, 0) is 60.9 Å². The van der Waals surface area contributed by atoms with Gasteiger partial charge in [0.25, 0.3) is 5.56 Å². The summed E-state index contributed by atoms with van der Waals surface area (Å²) in [4.78, 5) is 38.1. The molecule has 1 saturated heterocycles. The van der Waals surface area contributed by atoms with Gasteiger partial charge in [-0.15, -0.1) is 0 Å². The van der Waals surface area contributed by atoms with Crippen molar-refractivity contribution in [3.63, 3.8) is 0 Å². The lowest BCUT2D eigenvalue weighted by Crippen LogP contribution is -2.47. The van der Waals surface area contributed by atoms with Crippen molar-refractivity contribution in [3.8, 4) is 34.3 Å². The average molecular weight is 534 g/mol. The second-order valence-corrected chi connectivity index (χ2v) is 9.38. The third kappa shape index (κ3) is 4.81. The van der Waals surface area contributed by atoms with Crippen molar-refractivity contribution in [3.05, 3.63) is 82.8 Å². The molecule has 2 aromatic heterocycles. The lowest BCUT2D eigenvalue weighted by Gasteiger charge is -2.33. The molecule has 0 aliphatic carbocycles. The number of morpholine rings is 1. The number of hydrogen-bond acceptors (Lipinski definition) is 6. The van der Waals surface area contributed by atoms with Crippen molar-refractivity contribution in [2.24, 2.45) is 0 Å². The molecule has 1 atom stereocenters. The number of aromatic nitrogens is 4. The number of nitrogens with zero attached hydrogens (tertiary/aromatic N) is 5. The molecule has 6 rings (SSSR count). The first-order chi connectivity index (χ1) is 19.0. The van der Waals surface area contributed by atoms with Crippen molar-refractivity contribution in [2.45, 2.75) is 25.4 Å². The van der Waals surface area contributed by atoms with E-state index in [1.54, 1.807) is 15.6 Å². The van der Waals surface area contributed by atoms with Gasteiger partial charge in [0.05, 0.1) is 30.2 Å². The summed E-state index contributed by atoms with van der Waals surface area (Å²) in [6, 6.07) is 12.1. The fourth-order valence-corrected chi connectivity index (χ4v) is 5.14. The van der Waals surface area contributed by atoms with E-state index in [0.29, 0.717) is 74.0 Å². The number of benzene rings is 2. The number of hydrogen-bond donors (Lipinski definition) is 0. The van der Waals surface area contributed by atoms with Gasteiger partial charge in [0, 0.05) is 25.8 Å². The van der Waals surface area contributed by atoms with Gasteiger partial charge in [-0.1, -0.05) is 12.1 Å². The normalized spacial score (nSPS) is 17.1. The van der Waals surface area contributed by atoms with Crippen LogP contribution in [-0.4, -0.2) is 56.4 Å². The van der Waals surface area contributed by atoms with Gasteiger partial charge in [-0.2, -0.15) is 4.98 Å². The van der Waals surface area contributed by atoms with Crippen LogP contribution in [0, 0.1) is 11.6 Å². The van der Waals surface area contributed by atoms with Crippen molar-refractivity contribution in [1.82, 2.24) is 24.2 Å². The number of ether oxygens (including phenoxy) is 2. The third-order valence-electron chi connectivity index (χ3n) is 6.96. The predicted molar refractivity (Wildman–Crippen MR) is 137 cm³/mol. The fraction of sp³-hybridized carbons (Fsp3) is 0.286. The van der Waals surface area contributed by atoms with Gasteiger partial charge >= 0.3 is 6.01 Å². The van der Waals surface area contributed by atoms with Crippen LogP contribution in [0.2, 0.25) is 0 Å². The smallest absolute Gasteiger partial charge is 0.322 e. The highest BCUT2D eigenvalue weighted by molar-refractivity contribution is 5.83. The maximum absolute atomic E-state index is 14.0. The van der Waals surface area contributed by atoms with E-state index in [4.69, 9.17) is 9.47 Å². The highest BCUT2D eigenvalue weighted by atomic mass is 19.1. The number of rotatable bonds is 5. The quantitative estimate of drug-likeness (QED) is 0.385. The number of amides is 1. The summed E-state index contributed by atoms with van der Waals surface area (Å²) in [6.07, 6.45) is 2.70. The maximum atomic E-state index is 14.0. The molecule has 4 heterocycles. The molecule has 2 aromatic carbocycles. The number of carbonyl (C=O) groups is 1. The minimum Gasteiger partial charge on any atom is -0.424 e. The van der Waals surface area contributed by atoms with Crippen LogP contribution < -0.4 is 10.3 Å². The highest BCUT2D eigenvalue weighted by Crippen LogP contribution is 2.35. The average Bonchev–Trinajstić information content (AvgIpc) is 3.27. The highest BCUT2D eigenvalue weighted by Gasteiger charge is 2.36. The molecule has 39 heavy (non-hydrogen) atoms. The summed E-state index contributed by atoms with van der Waals surface area (Å²) in [7, 11) is 0. The van der Waals surface area contributed by atoms with Crippen molar-refractivity contribution < 1.29 is 23.0 Å². The van der Waals surface area contributed by atoms with Gasteiger partial charge in [0.2, 0.25) is 5.91 Å². The first-order valence-electron chi connectivity index (χ1n) is 12.7. The topological polar surface area (TPSA) is 91.5 Å². The molecule has 0 spiro atoms. The van der Waals surface area contributed by atoms with E-state index < -0.39 is 17.7 Å². The van der Waals surface area contributed by atoms with E-state index in [1.165, 1.54) is 59.4 Å². The summed E-state index contributed by atoms with van der Waals surface area (Å²) in [5, 5.41) is 0. The molecule has 2 aliphatic heterocycles. The zero-order chi connectivity index (χ0) is 26.9. The summed E-state index contributed by atoms with van der Waals surface area (Å²) in [5.74, 6) is -0.609. The van der Waals surface area contributed by atoms with Crippen LogP contribution in [0.4, 0.5) is 8.78 Å². The Hall–Kier alpha value is -4.38. The first kappa shape index (κ1) is 24.9. The molecule has 0 N–H and O–H groups in total. The maximum Gasteiger partial charge on any atom is 0.322 e. The molecule has 9 nitrogen and oxygen atoms in total. The minimum atomic E-state index is -0.686. The van der Waals surface area contributed by atoms with Gasteiger partial charge in [-0.3, -0.25) is 14.3 Å². The number of halogens is 2. The van der Waals surface area contributed by atoms with Gasteiger partial charge in [-0.25, -0.2) is 18.4 Å². The molecule has 200 valence electrons. The molecule has 11 heteroatoms. The van der Waals surface area contributed by atoms with E-state index in [0.717, 1.165) is 0 Å².